The SMILES string of the molecule is c1ccc(-c2ccccc2-c2c(-c3ccccc3)cccc2N(c2ccc(-c3ccccc3-n3c4ccccc4c4ccccc43)cc2)c2ccc3c(c2)-c2ccccc2C3(c2ccccc2)c2ccccc2)cc1. The molecule has 0 aliphatic heterocycles. The van der Waals surface area contributed by atoms with Crippen molar-refractivity contribution >= 4 is 38.9 Å². The first-order chi connectivity index (χ1) is 37.3. The number of aromatic nitrogens is 1. The number of para-hydroxylation sites is 3. The van der Waals surface area contributed by atoms with Gasteiger partial charge in [-0.2, -0.15) is 0 Å². The Morgan fingerprint density at radius 1 is 0.280 bits per heavy atom. The summed E-state index contributed by atoms with van der Waals surface area (Å²) in [6.45, 7) is 0. The van der Waals surface area contributed by atoms with Crippen LogP contribution in [0.25, 0.3) is 83.1 Å². The van der Waals surface area contributed by atoms with Gasteiger partial charge in [-0.05, 0) is 115 Å². The quantitative estimate of drug-likeness (QED) is 0.133. The van der Waals surface area contributed by atoms with E-state index < -0.39 is 5.41 Å². The van der Waals surface area contributed by atoms with Crippen molar-refractivity contribution < 1.29 is 0 Å². The maximum Gasteiger partial charge on any atom is 0.0713 e. The molecule has 75 heavy (non-hydrogen) atoms. The van der Waals surface area contributed by atoms with Gasteiger partial charge >= 0.3 is 0 Å². The average Bonchev–Trinajstić information content (AvgIpc) is 4.03. The molecule has 0 bridgehead atoms. The molecule has 1 heterocycles. The van der Waals surface area contributed by atoms with Crippen molar-refractivity contribution in [3.63, 3.8) is 0 Å². The molecular weight excluding hydrogens is 905 g/mol. The van der Waals surface area contributed by atoms with E-state index in [4.69, 9.17) is 0 Å². The van der Waals surface area contributed by atoms with Gasteiger partial charge in [0.1, 0.15) is 0 Å². The molecule has 0 atom stereocenters. The molecule has 1 aliphatic carbocycles. The Balaban J connectivity index is 1.02. The molecule has 12 aromatic carbocycles. The Morgan fingerprint density at radius 3 is 1.37 bits per heavy atom. The number of nitrogens with zero attached hydrogens (tertiary/aromatic N) is 2. The van der Waals surface area contributed by atoms with E-state index in [2.05, 4.69) is 313 Å². The first-order valence-electron chi connectivity index (χ1n) is 25.9. The topological polar surface area (TPSA) is 8.17 Å². The van der Waals surface area contributed by atoms with Gasteiger partial charge in [-0.25, -0.2) is 0 Å². The van der Waals surface area contributed by atoms with Gasteiger partial charge < -0.3 is 9.47 Å². The van der Waals surface area contributed by atoms with E-state index in [1.807, 2.05) is 0 Å². The zero-order chi connectivity index (χ0) is 49.7. The molecule has 2 nitrogen and oxygen atoms in total. The van der Waals surface area contributed by atoms with Crippen molar-refractivity contribution in [1.82, 2.24) is 4.57 Å². The van der Waals surface area contributed by atoms with Crippen LogP contribution in [0.1, 0.15) is 22.3 Å². The Labute approximate surface area is 438 Å². The maximum absolute atomic E-state index is 2.50. The highest BCUT2D eigenvalue weighted by atomic mass is 15.1. The van der Waals surface area contributed by atoms with Crippen molar-refractivity contribution in [2.24, 2.45) is 0 Å². The zero-order valence-electron chi connectivity index (χ0n) is 41.3. The second-order valence-corrected chi connectivity index (χ2v) is 19.5. The molecule has 2 heteroatoms. The van der Waals surface area contributed by atoms with Gasteiger partial charge in [0, 0.05) is 33.3 Å². The normalized spacial score (nSPS) is 12.4. The summed E-state index contributed by atoms with van der Waals surface area (Å²) in [6, 6.07) is 111. The van der Waals surface area contributed by atoms with Gasteiger partial charge in [0.2, 0.25) is 0 Å². The number of benzene rings is 12. The summed E-state index contributed by atoms with van der Waals surface area (Å²) in [5, 5.41) is 2.50. The number of hydrogen-bond acceptors (Lipinski definition) is 1. The van der Waals surface area contributed by atoms with Gasteiger partial charge in [0.05, 0.1) is 27.8 Å². The average molecular weight is 955 g/mol. The fourth-order valence-corrected chi connectivity index (χ4v) is 12.3. The first kappa shape index (κ1) is 44.0. The molecule has 0 fully saturated rings. The summed E-state index contributed by atoms with van der Waals surface area (Å²) >= 11 is 0. The minimum atomic E-state index is -0.518. The van der Waals surface area contributed by atoms with Crippen LogP contribution in [0.2, 0.25) is 0 Å². The van der Waals surface area contributed by atoms with E-state index >= 15 is 0 Å². The second-order valence-electron chi connectivity index (χ2n) is 19.5. The minimum Gasteiger partial charge on any atom is -0.310 e. The van der Waals surface area contributed by atoms with E-state index in [0.717, 1.165) is 50.6 Å². The zero-order valence-corrected chi connectivity index (χ0v) is 41.3. The monoisotopic (exact) mass is 954 g/mol. The lowest BCUT2D eigenvalue weighted by atomic mass is 9.68. The van der Waals surface area contributed by atoms with Gasteiger partial charge in [-0.3, -0.25) is 0 Å². The molecule has 0 saturated carbocycles. The van der Waals surface area contributed by atoms with E-state index in [1.54, 1.807) is 0 Å². The summed E-state index contributed by atoms with van der Waals surface area (Å²) in [7, 11) is 0. The molecule has 14 rings (SSSR count). The van der Waals surface area contributed by atoms with Gasteiger partial charge in [-0.1, -0.05) is 255 Å². The lowest BCUT2D eigenvalue weighted by Gasteiger charge is -2.34. The Bertz CT molecular complexity index is 4120. The molecule has 0 radical (unpaired) electrons. The second kappa shape index (κ2) is 18.4. The number of rotatable bonds is 10. The van der Waals surface area contributed by atoms with Crippen molar-refractivity contribution in [2.45, 2.75) is 5.41 Å². The Kier molecular flexibility index (Phi) is 10.8. The highest BCUT2D eigenvalue weighted by molar-refractivity contribution is 6.10. The van der Waals surface area contributed by atoms with Crippen LogP contribution in [-0.2, 0) is 5.41 Å². The van der Waals surface area contributed by atoms with E-state index in [9.17, 15) is 0 Å². The molecule has 352 valence electrons. The van der Waals surface area contributed by atoms with Crippen LogP contribution in [0.3, 0.4) is 0 Å². The molecule has 1 aromatic heterocycles. The lowest BCUT2D eigenvalue weighted by Crippen LogP contribution is -2.28. The Hall–Kier alpha value is -9.76. The highest BCUT2D eigenvalue weighted by Gasteiger charge is 2.46. The molecule has 0 unspecified atom stereocenters. The van der Waals surface area contributed by atoms with Crippen molar-refractivity contribution in [3.05, 3.63) is 326 Å². The summed E-state index contributed by atoms with van der Waals surface area (Å²) in [5.41, 5.74) is 23.1. The summed E-state index contributed by atoms with van der Waals surface area (Å²) < 4.78 is 2.43. The fourth-order valence-electron chi connectivity index (χ4n) is 12.3. The molecule has 0 N–H and O–H groups in total. The minimum absolute atomic E-state index is 0.518. The lowest BCUT2D eigenvalue weighted by molar-refractivity contribution is 0.768. The predicted octanol–water partition coefficient (Wildman–Crippen LogP) is 19.3. The third-order valence-corrected chi connectivity index (χ3v) is 15.5. The molecule has 1 aliphatic rings. The number of hydrogen-bond donors (Lipinski definition) is 0. The number of anilines is 3. The molecule has 0 saturated heterocycles. The van der Waals surface area contributed by atoms with Crippen LogP contribution in [0.5, 0.6) is 0 Å². The van der Waals surface area contributed by atoms with E-state index in [0.29, 0.717) is 0 Å². The molecule has 0 spiro atoms. The smallest absolute Gasteiger partial charge is 0.0713 e. The first-order valence-corrected chi connectivity index (χ1v) is 25.9. The van der Waals surface area contributed by atoms with Crippen LogP contribution >= 0.6 is 0 Å². The summed E-state index contributed by atoms with van der Waals surface area (Å²) in [6.07, 6.45) is 0. The van der Waals surface area contributed by atoms with Crippen molar-refractivity contribution in [1.29, 1.82) is 0 Å². The predicted molar refractivity (Wildman–Crippen MR) is 315 cm³/mol. The summed E-state index contributed by atoms with van der Waals surface area (Å²) in [5.74, 6) is 0. The van der Waals surface area contributed by atoms with Crippen LogP contribution in [-0.4, -0.2) is 4.57 Å². The van der Waals surface area contributed by atoms with Crippen molar-refractivity contribution in [3.8, 4) is 61.3 Å². The number of fused-ring (bicyclic) bond motifs is 6. The highest BCUT2D eigenvalue weighted by Crippen LogP contribution is 2.58. The summed E-state index contributed by atoms with van der Waals surface area (Å²) in [4.78, 5) is 2.50. The largest absolute Gasteiger partial charge is 0.310 e. The van der Waals surface area contributed by atoms with Crippen LogP contribution in [0.4, 0.5) is 17.1 Å². The van der Waals surface area contributed by atoms with E-state index in [1.165, 1.54) is 71.9 Å². The van der Waals surface area contributed by atoms with Crippen molar-refractivity contribution in [2.75, 3.05) is 4.90 Å². The van der Waals surface area contributed by atoms with Crippen LogP contribution in [0.15, 0.2) is 303 Å². The third-order valence-electron chi connectivity index (χ3n) is 15.5. The molecule has 0 amide bonds. The fraction of sp³-hybridized carbons (Fsp3) is 0.0137. The molecular formula is C73H50N2. The standard InChI is InChI=1S/C73H50N2/c1-5-24-51(25-6-1)58-32-13-14-37-64(58)72-60(52-26-7-2-8-27-52)38-23-43-71(72)74(56-46-44-53(45-47-56)59-33-16-20-40-68(59)75-69-41-21-17-35-62(69)63-36-18-22-42-70(63)75)57-48-49-67-65(50-57)61-34-15-19-39-66(61)73(67,54-28-9-3-10-29-54)55-30-11-4-12-31-55/h1-50H. The Morgan fingerprint density at radius 2 is 0.733 bits per heavy atom. The van der Waals surface area contributed by atoms with E-state index in [-0.39, 0.29) is 0 Å². The maximum atomic E-state index is 2.50. The van der Waals surface area contributed by atoms with Gasteiger partial charge in [0.25, 0.3) is 0 Å². The third kappa shape index (κ3) is 7.17. The van der Waals surface area contributed by atoms with Gasteiger partial charge in [-0.15, -0.1) is 0 Å². The van der Waals surface area contributed by atoms with Crippen LogP contribution in [0, 0.1) is 0 Å². The van der Waals surface area contributed by atoms with Gasteiger partial charge in [0.15, 0.2) is 0 Å². The van der Waals surface area contributed by atoms with Crippen LogP contribution < -0.4 is 4.90 Å². The molecule has 13 aromatic rings.